The number of imide groups is 1. The molecule has 2 rings (SSSR count). The van der Waals surface area contributed by atoms with Gasteiger partial charge in [-0.25, -0.2) is 10.2 Å². The van der Waals surface area contributed by atoms with E-state index in [4.69, 9.17) is 0 Å². The van der Waals surface area contributed by atoms with Gasteiger partial charge in [0.15, 0.2) is 0 Å². The molecule has 1 heterocycles. The lowest BCUT2D eigenvalue weighted by Crippen LogP contribution is -2.42. The standard InChI is InChI=1S/C8H13N3O2/c1-7(2)4-8(7)5(12)11(9-3)6(13)10-8/h9H,4H2,1-3H3,(H,10,13). The molecule has 1 saturated heterocycles. The van der Waals surface area contributed by atoms with Gasteiger partial charge in [0, 0.05) is 7.05 Å². The predicted octanol–water partition coefficient (Wildman–Crippen LogP) is -0.159. The van der Waals surface area contributed by atoms with Crippen LogP contribution in [0.3, 0.4) is 0 Å². The largest absolute Gasteiger partial charge is 0.339 e. The van der Waals surface area contributed by atoms with E-state index < -0.39 is 5.54 Å². The minimum atomic E-state index is -0.632. The number of carbonyl (C=O) groups excluding carboxylic acids is 2. The molecule has 0 aromatic heterocycles. The Balaban J connectivity index is 2.30. The Kier molecular flexibility index (Phi) is 1.33. The van der Waals surface area contributed by atoms with Crippen molar-refractivity contribution in [3.63, 3.8) is 0 Å². The SMILES string of the molecule is CNN1C(=O)NC2(CC2(C)C)C1=O. The van der Waals surface area contributed by atoms with Gasteiger partial charge in [0.2, 0.25) is 0 Å². The smallest absolute Gasteiger partial charge is 0.321 e. The molecule has 5 heteroatoms. The van der Waals surface area contributed by atoms with Crippen molar-refractivity contribution in [2.45, 2.75) is 25.8 Å². The average Bonchev–Trinajstić information content (AvgIpc) is 2.45. The van der Waals surface area contributed by atoms with Crippen LogP contribution in [0.15, 0.2) is 0 Å². The van der Waals surface area contributed by atoms with E-state index >= 15 is 0 Å². The topological polar surface area (TPSA) is 61.4 Å². The fraction of sp³-hybridized carbons (Fsp3) is 0.750. The molecule has 1 saturated carbocycles. The molecule has 1 spiro atoms. The number of urea groups is 1. The summed E-state index contributed by atoms with van der Waals surface area (Å²) in [6, 6.07) is -0.349. The number of hydrogen-bond donors (Lipinski definition) is 2. The van der Waals surface area contributed by atoms with Gasteiger partial charge in [-0.05, 0) is 11.8 Å². The maximum Gasteiger partial charge on any atom is 0.339 e. The van der Waals surface area contributed by atoms with E-state index in [9.17, 15) is 9.59 Å². The molecular formula is C8H13N3O2. The van der Waals surface area contributed by atoms with E-state index in [0.29, 0.717) is 0 Å². The van der Waals surface area contributed by atoms with Crippen molar-refractivity contribution in [3.8, 4) is 0 Å². The zero-order chi connectivity index (χ0) is 9.85. The van der Waals surface area contributed by atoms with E-state index in [2.05, 4.69) is 10.7 Å². The molecule has 0 aromatic rings. The van der Waals surface area contributed by atoms with Crippen molar-refractivity contribution >= 4 is 11.9 Å². The highest BCUT2D eigenvalue weighted by Crippen LogP contribution is 2.57. The highest BCUT2D eigenvalue weighted by molar-refractivity contribution is 6.09. The van der Waals surface area contributed by atoms with Crippen molar-refractivity contribution in [1.29, 1.82) is 0 Å². The fourth-order valence-corrected chi connectivity index (χ4v) is 1.98. The number of amides is 3. The Morgan fingerprint density at radius 3 is 2.23 bits per heavy atom. The molecule has 1 unspecified atom stereocenters. The zero-order valence-electron chi connectivity index (χ0n) is 7.97. The third-order valence-corrected chi connectivity index (χ3v) is 3.05. The van der Waals surface area contributed by atoms with Crippen molar-refractivity contribution in [1.82, 2.24) is 15.8 Å². The Morgan fingerprint density at radius 1 is 1.46 bits per heavy atom. The molecule has 1 aliphatic carbocycles. The van der Waals surface area contributed by atoms with Gasteiger partial charge < -0.3 is 5.32 Å². The van der Waals surface area contributed by atoms with Crippen LogP contribution in [0.4, 0.5) is 4.79 Å². The molecule has 13 heavy (non-hydrogen) atoms. The Labute approximate surface area is 76.4 Å². The Bertz CT molecular complexity index is 300. The molecule has 2 fully saturated rings. The van der Waals surface area contributed by atoms with Gasteiger partial charge in [-0.3, -0.25) is 4.79 Å². The third kappa shape index (κ3) is 0.798. The van der Waals surface area contributed by atoms with Gasteiger partial charge in [0.1, 0.15) is 5.54 Å². The van der Waals surface area contributed by atoms with Gasteiger partial charge in [0.05, 0.1) is 0 Å². The molecule has 3 amide bonds. The molecular weight excluding hydrogens is 170 g/mol. The first kappa shape index (κ1) is 8.50. The quantitative estimate of drug-likeness (QED) is 0.555. The molecule has 0 bridgehead atoms. The number of hydrogen-bond acceptors (Lipinski definition) is 3. The first-order valence-electron chi connectivity index (χ1n) is 4.29. The molecule has 1 aliphatic heterocycles. The Hall–Kier alpha value is -1.10. The van der Waals surface area contributed by atoms with Crippen LogP contribution in [0.25, 0.3) is 0 Å². The van der Waals surface area contributed by atoms with Gasteiger partial charge in [-0.15, -0.1) is 0 Å². The summed E-state index contributed by atoms with van der Waals surface area (Å²) >= 11 is 0. The van der Waals surface area contributed by atoms with Crippen molar-refractivity contribution in [2.75, 3.05) is 7.05 Å². The first-order valence-corrected chi connectivity index (χ1v) is 4.29. The summed E-state index contributed by atoms with van der Waals surface area (Å²) in [6.07, 6.45) is 0.725. The maximum absolute atomic E-state index is 11.7. The molecule has 2 aliphatic rings. The van der Waals surface area contributed by atoms with Crippen LogP contribution >= 0.6 is 0 Å². The zero-order valence-corrected chi connectivity index (χ0v) is 7.97. The number of hydrazine groups is 1. The van der Waals surface area contributed by atoms with E-state index in [1.165, 1.54) is 0 Å². The fourth-order valence-electron chi connectivity index (χ4n) is 1.98. The van der Waals surface area contributed by atoms with E-state index in [-0.39, 0.29) is 17.4 Å². The number of rotatable bonds is 1. The molecule has 5 nitrogen and oxygen atoms in total. The normalized spacial score (nSPS) is 35.5. The first-order chi connectivity index (χ1) is 5.94. The van der Waals surface area contributed by atoms with Gasteiger partial charge in [0.25, 0.3) is 5.91 Å². The van der Waals surface area contributed by atoms with Gasteiger partial charge in [-0.2, -0.15) is 5.01 Å². The number of nitrogens with one attached hydrogen (secondary N) is 2. The number of nitrogens with zero attached hydrogens (tertiary/aromatic N) is 1. The molecule has 1 atom stereocenters. The van der Waals surface area contributed by atoms with Crippen molar-refractivity contribution in [2.24, 2.45) is 5.41 Å². The van der Waals surface area contributed by atoms with Gasteiger partial charge >= 0.3 is 6.03 Å². The summed E-state index contributed by atoms with van der Waals surface area (Å²) in [5, 5.41) is 3.76. The Morgan fingerprint density at radius 2 is 2.00 bits per heavy atom. The second kappa shape index (κ2) is 2.04. The lowest BCUT2D eigenvalue weighted by Gasteiger charge is -2.11. The second-order valence-electron chi connectivity index (χ2n) is 4.26. The van der Waals surface area contributed by atoms with E-state index in [0.717, 1.165) is 11.4 Å². The third-order valence-electron chi connectivity index (χ3n) is 3.05. The summed E-state index contributed by atoms with van der Waals surface area (Å²) in [5.74, 6) is -0.162. The highest BCUT2D eigenvalue weighted by atomic mass is 16.2. The summed E-state index contributed by atoms with van der Waals surface area (Å²) in [4.78, 5) is 23.0. The van der Waals surface area contributed by atoms with Crippen molar-refractivity contribution in [3.05, 3.63) is 0 Å². The van der Waals surface area contributed by atoms with Crippen LogP contribution in [0.2, 0.25) is 0 Å². The maximum atomic E-state index is 11.7. The lowest BCUT2D eigenvalue weighted by atomic mass is 10.1. The lowest BCUT2D eigenvalue weighted by molar-refractivity contribution is -0.130. The van der Waals surface area contributed by atoms with Crippen LogP contribution < -0.4 is 10.7 Å². The predicted molar refractivity (Wildman–Crippen MR) is 45.6 cm³/mol. The summed E-state index contributed by atoms with van der Waals surface area (Å²) in [7, 11) is 1.56. The molecule has 0 aromatic carbocycles. The molecule has 0 radical (unpaired) electrons. The van der Waals surface area contributed by atoms with Crippen molar-refractivity contribution < 1.29 is 9.59 Å². The number of carbonyl (C=O) groups is 2. The molecule has 2 N–H and O–H groups in total. The average molecular weight is 183 g/mol. The molecule has 72 valence electrons. The van der Waals surface area contributed by atoms with E-state index in [1.54, 1.807) is 7.05 Å². The summed E-state index contributed by atoms with van der Waals surface area (Å²) in [5.41, 5.74) is 1.83. The monoisotopic (exact) mass is 183 g/mol. The van der Waals surface area contributed by atoms with Crippen LogP contribution in [0.5, 0.6) is 0 Å². The van der Waals surface area contributed by atoms with Crippen LogP contribution in [0, 0.1) is 5.41 Å². The minimum absolute atomic E-state index is 0.106. The second-order valence-corrected chi connectivity index (χ2v) is 4.26. The minimum Gasteiger partial charge on any atom is -0.321 e. The van der Waals surface area contributed by atoms with E-state index in [1.807, 2.05) is 13.8 Å². The summed E-state index contributed by atoms with van der Waals surface area (Å²) < 4.78 is 0. The van der Waals surface area contributed by atoms with Crippen LogP contribution in [-0.4, -0.2) is 29.5 Å². The summed E-state index contributed by atoms with van der Waals surface area (Å²) in [6.45, 7) is 3.95. The van der Waals surface area contributed by atoms with Crippen LogP contribution in [0.1, 0.15) is 20.3 Å². The van der Waals surface area contributed by atoms with Gasteiger partial charge in [-0.1, -0.05) is 13.8 Å². The van der Waals surface area contributed by atoms with Crippen LogP contribution in [-0.2, 0) is 4.79 Å². The highest BCUT2D eigenvalue weighted by Gasteiger charge is 2.72.